The molecule has 0 bridgehead atoms. The number of carbonyl (C=O) groups is 2. The van der Waals surface area contributed by atoms with Crippen LogP contribution in [-0.4, -0.2) is 59.7 Å². The summed E-state index contributed by atoms with van der Waals surface area (Å²) in [7, 11) is 0. The van der Waals surface area contributed by atoms with Crippen LogP contribution in [0.2, 0.25) is 0 Å². The highest BCUT2D eigenvalue weighted by atomic mass is 16.6. The zero-order valence-electron chi connectivity index (χ0n) is 15.6. The second-order valence-corrected chi connectivity index (χ2v) is 8.21. The van der Waals surface area contributed by atoms with Gasteiger partial charge < -0.3 is 19.9 Å². The molecule has 0 aromatic carbocycles. The van der Waals surface area contributed by atoms with E-state index in [1.165, 1.54) is 6.42 Å². The molecule has 2 aliphatic heterocycles. The van der Waals surface area contributed by atoms with E-state index in [4.69, 9.17) is 4.74 Å². The molecule has 2 fully saturated rings. The summed E-state index contributed by atoms with van der Waals surface area (Å²) in [5, 5.41) is 3.15. The summed E-state index contributed by atoms with van der Waals surface area (Å²) in [5.74, 6) is 0.708. The van der Waals surface area contributed by atoms with Crippen LogP contribution in [-0.2, 0) is 4.74 Å². The zero-order valence-corrected chi connectivity index (χ0v) is 15.6. The molecule has 0 saturated carbocycles. The maximum Gasteiger partial charge on any atom is 0.410 e. The summed E-state index contributed by atoms with van der Waals surface area (Å²) >= 11 is 0. The van der Waals surface area contributed by atoms with Crippen LogP contribution in [0.15, 0.2) is 0 Å². The topological polar surface area (TPSA) is 61.9 Å². The second kappa shape index (κ2) is 8.08. The number of nitrogens with zero attached hydrogens (tertiary/aromatic N) is 2. The van der Waals surface area contributed by atoms with E-state index < -0.39 is 5.60 Å². The maximum atomic E-state index is 12.4. The van der Waals surface area contributed by atoms with Gasteiger partial charge in [-0.3, -0.25) is 0 Å². The van der Waals surface area contributed by atoms with Gasteiger partial charge in [0.2, 0.25) is 0 Å². The molecule has 6 nitrogen and oxygen atoms in total. The van der Waals surface area contributed by atoms with E-state index in [-0.39, 0.29) is 18.2 Å². The minimum absolute atomic E-state index is 0.0554. The van der Waals surface area contributed by atoms with Crippen LogP contribution in [0.25, 0.3) is 0 Å². The van der Waals surface area contributed by atoms with Gasteiger partial charge in [-0.2, -0.15) is 0 Å². The molecule has 0 aromatic heterocycles. The maximum absolute atomic E-state index is 12.4. The van der Waals surface area contributed by atoms with Crippen molar-refractivity contribution in [2.45, 2.75) is 71.4 Å². The van der Waals surface area contributed by atoms with Gasteiger partial charge in [-0.15, -0.1) is 0 Å². The Kier molecular flexibility index (Phi) is 6.35. The van der Waals surface area contributed by atoms with Crippen molar-refractivity contribution in [1.29, 1.82) is 0 Å². The van der Waals surface area contributed by atoms with E-state index in [1.807, 2.05) is 25.7 Å². The molecule has 3 amide bonds. The number of hydrogen-bond donors (Lipinski definition) is 1. The van der Waals surface area contributed by atoms with E-state index in [2.05, 4.69) is 12.2 Å². The molecule has 0 spiro atoms. The van der Waals surface area contributed by atoms with Crippen LogP contribution in [0, 0.1) is 5.92 Å². The predicted molar refractivity (Wildman–Crippen MR) is 93.9 cm³/mol. The van der Waals surface area contributed by atoms with Gasteiger partial charge >= 0.3 is 12.1 Å². The zero-order chi connectivity index (χ0) is 17.7. The number of carbonyl (C=O) groups excluding carboxylic acids is 2. The number of piperidine rings is 1. The number of hydrogen-bond acceptors (Lipinski definition) is 3. The van der Waals surface area contributed by atoms with Crippen molar-refractivity contribution in [3.05, 3.63) is 0 Å². The van der Waals surface area contributed by atoms with E-state index in [0.717, 1.165) is 38.8 Å². The fourth-order valence-corrected chi connectivity index (χ4v) is 3.26. The first-order chi connectivity index (χ1) is 11.2. The largest absolute Gasteiger partial charge is 0.444 e. The average Bonchev–Trinajstić information content (AvgIpc) is 2.71. The molecule has 1 N–H and O–H groups in total. The van der Waals surface area contributed by atoms with Gasteiger partial charge in [-0.25, -0.2) is 9.59 Å². The highest BCUT2D eigenvalue weighted by molar-refractivity contribution is 5.74. The van der Waals surface area contributed by atoms with Crippen molar-refractivity contribution >= 4 is 12.1 Å². The van der Waals surface area contributed by atoms with Crippen molar-refractivity contribution in [2.24, 2.45) is 5.92 Å². The minimum Gasteiger partial charge on any atom is -0.444 e. The van der Waals surface area contributed by atoms with Crippen molar-refractivity contribution in [3.8, 4) is 0 Å². The summed E-state index contributed by atoms with van der Waals surface area (Å²) in [6, 6.07) is 0.205. The molecule has 6 heteroatoms. The molecule has 24 heavy (non-hydrogen) atoms. The molecule has 1 atom stereocenters. The van der Waals surface area contributed by atoms with Gasteiger partial charge in [0, 0.05) is 32.2 Å². The minimum atomic E-state index is -0.466. The summed E-state index contributed by atoms with van der Waals surface area (Å²) in [4.78, 5) is 28.2. The van der Waals surface area contributed by atoms with E-state index in [0.29, 0.717) is 19.0 Å². The molecule has 138 valence electrons. The standard InChI is InChI=1S/C18H33N3O3/c1-14-6-5-10-20(11-7-14)16(22)19-15-8-12-21(13-9-15)17(23)24-18(2,3)4/h14-15H,5-13H2,1-4H3,(H,19,22)/t14-/m1/s1. The van der Waals surface area contributed by atoms with Crippen LogP contribution in [0.5, 0.6) is 0 Å². The Morgan fingerprint density at radius 2 is 1.58 bits per heavy atom. The first-order valence-electron chi connectivity index (χ1n) is 9.28. The highest BCUT2D eigenvalue weighted by Crippen LogP contribution is 2.18. The van der Waals surface area contributed by atoms with Crippen molar-refractivity contribution < 1.29 is 14.3 Å². The predicted octanol–water partition coefficient (Wildman–Crippen LogP) is 3.22. The molecule has 2 heterocycles. The van der Waals surface area contributed by atoms with Crippen molar-refractivity contribution in [2.75, 3.05) is 26.2 Å². The number of urea groups is 1. The number of rotatable bonds is 1. The molecule has 0 aliphatic carbocycles. The Hall–Kier alpha value is -1.46. The Morgan fingerprint density at radius 1 is 0.958 bits per heavy atom. The SMILES string of the molecule is C[C@@H]1CCCN(C(=O)NC2CCN(C(=O)OC(C)(C)C)CC2)CC1. The van der Waals surface area contributed by atoms with E-state index in [1.54, 1.807) is 4.90 Å². The van der Waals surface area contributed by atoms with Crippen molar-refractivity contribution in [3.63, 3.8) is 0 Å². The van der Waals surface area contributed by atoms with Crippen LogP contribution in [0.4, 0.5) is 9.59 Å². The number of likely N-dealkylation sites (tertiary alicyclic amines) is 2. The number of amides is 3. The number of nitrogens with one attached hydrogen (secondary N) is 1. The van der Waals surface area contributed by atoms with Gasteiger partial charge in [0.15, 0.2) is 0 Å². The smallest absolute Gasteiger partial charge is 0.410 e. The Balaban J connectivity index is 1.74. The third-order valence-corrected chi connectivity index (χ3v) is 4.78. The van der Waals surface area contributed by atoms with E-state index in [9.17, 15) is 9.59 Å². The summed E-state index contributed by atoms with van der Waals surface area (Å²) in [6.45, 7) is 10.9. The third-order valence-electron chi connectivity index (χ3n) is 4.78. The molecular formula is C18H33N3O3. The van der Waals surface area contributed by atoms with Gasteiger partial charge in [-0.05, 0) is 58.8 Å². The van der Waals surface area contributed by atoms with Gasteiger partial charge in [-0.1, -0.05) is 6.92 Å². The molecule has 2 saturated heterocycles. The normalized spacial score (nSPS) is 23.6. The van der Waals surface area contributed by atoms with Crippen LogP contribution in [0.1, 0.15) is 59.8 Å². The summed E-state index contributed by atoms with van der Waals surface area (Å²) in [5.41, 5.74) is -0.466. The first kappa shape index (κ1) is 18.9. The average molecular weight is 339 g/mol. The Morgan fingerprint density at radius 3 is 2.21 bits per heavy atom. The molecule has 2 rings (SSSR count). The van der Waals surface area contributed by atoms with E-state index >= 15 is 0 Å². The van der Waals surface area contributed by atoms with Crippen LogP contribution >= 0.6 is 0 Å². The Bertz CT molecular complexity index is 439. The molecule has 0 radical (unpaired) electrons. The summed E-state index contributed by atoms with van der Waals surface area (Å²) in [6.07, 6.45) is 4.70. The molecule has 0 unspecified atom stereocenters. The van der Waals surface area contributed by atoms with Gasteiger partial charge in [0.05, 0.1) is 0 Å². The third kappa shape index (κ3) is 5.87. The molecule has 0 aromatic rings. The first-order valence-corrected chi connectivity index (χ1v) is 9.28. The van der Waals surface area contributed by atoms with Crippen LogP contribution in [0.3, 0.4) is 0 Å². The lowest BCUT2D eigenvalue weighted by molar-refractivity contribution is 0.0200. The fourth-order valence-electron chi connectivity index (χ4n) is 3.26. The van der Waals surface area contributed by atoms with Gasteiger partial charge in [0.1, 0.15) is 5.60 Å². The van der Waals surface area contributed by atoms with Gasteiger partial charge in [0.25, 0.3) is 0 Å². The quantitative estimate of drug-likeness (QED) is 0.798. The highest BCUT2D eigenvalue weighted by Gasteiger charge is 2.28. The molecular weight excluding hydrogens is 306 g/mol. The Labute approximate surface area is 145 Å². The lowest BCUT2D eigenvalue weighted by atomic mass is 10.0. The van der Waals surface area contributed by atoms with Crippen molar-refractivity contribution in [1.82, 2.24) is 15.1 Å². The number of ether oxygens (including phenoxy) is 1. The second-order valence-electron chi connectivity index (χ2n) is 8.21. The lowest BCUT2D eigenvalue weighted by Crippen LogP contribution is -2.51. The van der Waals surface area contributed by atoms with Crippen LogP contribution < -0.4 is 5.32 Å². The monoisotopic (exact) mass is 339 g/mol. The summed E-state index contributed by atoms with van der Waals surface area (Å²) < 4.78 is 5.40. The fraction of sp³-hybridized carbons (Fsp3) is 0.889. The molecule has 2 aliphatic rings. The lowest BCUT2D eigenvalue weighted by Gasteiger charge is -2.34.